The minimum absolute atomic E-state index is 0.437. The summed E-state index contributed by atoms with van der Waals surface area (Å²) in [7, 11) is 3.28. The van der Waals surface area contributed by atoms with E-state index in [-0.39, 0.29) is 0 Å². The number of methoxy groups -OCH3 is 2. The van der Waals surface area contributed by atoms with Crippen LogP contribution in [0.3, 0.4) is 0 Å². The van der Waals surface area contributed by atoms with Crippen LogP contribution in [-0.2, 0) is 6.54 Å². The van der Waals surface area contributed by atoms with Gasteiger partial charge in [0.15, 0.2) is 17.5 Å². The van der Waals surface area contributed by atoms with Gasteiger partial charge in [-0.25, -0.2) is 9.67 Å². The Morgan fingerprint density at radius 1 is 1.00 bits per heavy atom. The molecule has 0 amide bonds. The molecule has 3 aromatic rings. The first-order valence-electron chi connectivity index (χ1n) is 10.2. The number of aromatic nitrogens is 2. The molecule has 0 saturated heterocycles. The molecule has 1 aromatic heterocycles. The number of hydrogen-bond acceptors (Lipinski definition) is 5. The normalized spacial score (nSPS) is 11.2. The van der Waals surface area contributed by atoms with Crippen LogP contribution in [0.25, 0.3) is 5.69 Å². The fraction of sp³-hybridized carbons (Fsp3) is 0.304. The Morgan fingerprint density at radius 2 is 1.81 bits per heavy atom. The van der Waals surface area contributed by atoms with Crippen LogP contribution in [0.5, 0.6) is 17.2 Å². The molecule has 1 heterocycles. The summed E-state index contributed by atoms with van der Waals surface area (Å²) in [5, 5.41) is 11.2. The van der Waals surface area contributed by atoms with Crippen LogP contribution in [0.1, 0.15) is 19.5 Å². The lowest BCUT2D eigenvalue weighted by molar-refractivity contribution is 0.311. The van der Waals surface area contributed by atoms with Crippen molar-refractivity contribution >= 4 is 11.6 Å². The van der Waals surface area contributed by atoms with Gasteiger partial charge in [0, 0.05) is 24.5 Å². The fourth-order valence-electron chi connectivity index (χ4n) is 2.95. The van der Waals surface area contributed by atoms with E-state index < -0.39 is 0 Å². The fourth-order valence-corrected chi connectivity index (χ4v) is 2.95. The van der Waals surface area contributed by atoms with Gasteiger partial charge in [0.05, 0.1) is 38.8 Å². The number of hydrogen-bond donors (Lipinski definition) is 2. The molecule has 0 aliphatic heterocycles. The first-order valence-corrected chi connectivity index (χ1v) is 10.2. The second-order valence-corrected chi connectivity index (χ2v) is 6.57. The molecule has 0 spiro atoms. The molecule has 164 valence electrons. The first-order chi connectivity index (χ1) is 15.2. The summed E-state index contributed by atoms with van der Waals surface area (Å²) in [6.45, 7) is 5.72. The van der Waals surface area contributed by atoms with Crippen molar-refractivity contribution in [3.05, 3.63) is 60.4 Å². The van der Waals surface area contributed by atoms with Crippen LogP contribution in [0.15, 0.2) is 59.7 Å². The average Bonchev–Trinajstić information content (AvgIpc) is 3.28. The van der Waals surface area contributed by atoms with Crippen molar-refractivity contribution < 1.29 is 14.2 Å². The Labute approximate surface area is 182 Å². The van der Waals surface area contributed by atoms with Gasteiger partial charge in [-0.05, 0) is 56.3 Å². The number of guanidine groups is 1. The van der Waals surface area contributed by atoms with Crippen LogP contribution in [0, 0.1) is 0 Å². The zero-order valence-electron chi connectivity index (χ0n) is 18.4. The highest BCUT2D eigenvalue weighted by Gasteiger charge is 2.08. The Morgan fingerprint density at radius 3 is 2.48 bits per heavy atom. The molecule has 0 unspecified atom stereocenters. The summed E-state index contributed by atoms with van der Waals surface area (Å²) in [5.41, 5.74) is 2.67. The van der Waals surface area contributed by atoms with Crippen molar-refractivity contribution in [1.29, 1.82) is 0 Å². The Kier molecular flexibility index (Phi) is 7.75. The highest BCUT2D eigenvalue weighted by Crippen LogP contribution is 2.30. The van der Waals surface area contributed by atoms with E-state index in [1.165, 1.54) is 0 Å². The van der Waals surface area contributed by atoms with Crippen molar-refractivity contribution in [2.24, 2.45) is 4.99 Å². The third-order valence-corrected chi connectivity index (χ3v) is 4.45. The molecule has 0 saturated carbocycles. The number of rotatable bonds is 9. The Bertz CT molecular complexity index is 999. The van der Waals surface area contributed by atoms with Gasteiger partial charge >= 0.3 is 0 Å². The van der Waals surface area contributed by atoms with Crippen LogP contribution >= 0.6 is 0 Å². The topological polar surface area (TPSA) is 81.9 Å². The standard InChI is InChI=1S/C23H29N5O3/c1-5-24-23(26-17-7-12-21(31-6-2)22(15-17)30-4)25-16-18-13-14-28(27-18)19-8-10-20(29-3)11-9-19/h7-15H,5-6,16H2,1-4H3,(H2,24,25,26). The molecule has 31 heavy (non-hydrogen) atoms. The van der Waals surface area contributed by atoms with E-state index in [0.717, 1.165) is 29.4 Å². The summed E-state index contributed by atoms with van der Waals surface area (Å²) in [4.78, 5) is 4.65. The molecule has 2 N–H and O–H groups in total. The van der Waals surface area contributed by atoms with Gasteiger partial charge in [0.1, 0.15) is 5.75 Å². The van der Waals surface area contributed by atoms with Gasteiger partial charge in [-0.2, -0.15) is 5.10 Å². The van der Waals surface area contributed by atoms with Crippen LogP contribution in [-0.4, -0.2) is 43.1 Å². The summed E-state index contributed by atoms with van der Waals surface area (Å²) >= 11 is 0. The zero-order valence-corrected chi connectivity index (χ0v) is 18.4. The lowest BCUT2D eigenvalue weighted by Gasteiger charge is -2.14. The zero-order chi connectivity index (χ0) is 22.1. The predicted molar refractivity (Wildman–Crippen MR) is 123 cm³/mol. The van der Waals surface area contributed by atoms with Crippen molar-refractivity contribution in [1.82, 2.24) is 15.1 Å². The van der Waals surface area contributed by atoms with Gasteiger partial charge in [0.25, 0.3) is 0 Å². The molecule has 0 radical (unpaired) electrons. The number of nitrogens with one attached hydrogen (secondary N) is 2. The Hall–Kier alpha value is -3.68. The smallest absolute Gasteiger partial charge is 0.196 e. The van der Waals surface area contributed by atoms with Crippen LogP contribution in [0.4, 0.5) is 5.69 Å². The maximum absolute atomic E-state index is 5.58. The van der Waals surface area contributed by atoms with E-state index in [9.17, 15) is 0 Å². The molecule has 0 atom stereocenters. The van der Waals surface area contributed by atoms with E-state index in [2.05, 4.69) is 20.7 Å². The second-order valence-electron chi connectivity index (χ2n) is 6.57. The minimum atomic E-state index is 0.437. The van der Waals surface area contributed by atoms with E-state index in [1.807, 2.05) is 73.3 Å². The van der Waals surface area contributed by atoms with Crippen LogP contribution in [0.2, 0.25) is 0 Å². The van der Waals surface area contributed by atoms with Crippen molar-refractivity contribution in [2.75, 3.05) is 32.7 Å². The third-order valence-electron chi connectivity index (χ3n) is 4.45. The summed E-state index contributed by atoms with van der Waals surface area (Å²) in [5.74, 6) is 2.85. The molecule has 0 bridgehead atoms. The molecule has 8 nitrogen and oxygen atoms in total. The Balaban J connectivity index is 1.70. The quantitative estimate of drug-likeness (QED) is 0.402. The largest absolute Gasteiger partial charge is 0.497 e. The molecule has 0 aliphatic rings. The molecule has 0 aliphatic carbocycles. The lowest BCUT2D eigenvalue weighted by atomic mass is 10.2. The van der Waals surface area contributed by atoms with Gasteiger partial charge in [-0.3, -0.25) is 0 Å². The number of nitrogens with zero attached hydrogens (tertiary/aromatic N) is 3. The van der Waals surface area contributed by atoms with Crippen LogP contribution < -0.4 is 24.8 Å². The summed E-state index contributed by atoms with van der Waals surface area (Å²) in [6.07, 6.45) is 1.92. The summed E-state index contributed by atoms with van der Waals surface area (Å²) in [6, 6.07) is 15.4. The number of benzene rings is 2. The third kappa shape index (κ3) is 5.91. The van der Waals surface area contributed by atoms with Gasteiger partial charge in [0.2, 0.25) is 0 Å². The van der Waals surface area contributed by atoms with E-state index in [4.69, 9.17) is 14.2 Å². The number of aliphatic imine (C=N–C) groups is 1. The van der Waals surface area contributed by atoms with E-state index in [0.29, 0.717) is 30.6 Å². The minimum Gasteiger partial charge on any atom is -0.497 e. The van der Waals surface area contributed by atoms with Crippen molar-refractivity contribution in [3.63, 3.8) is 0 Å². The summed E-state index contributed by atoms with van der Waals surface area (Å²) < 4.78 is 18.0. The maximum atomic E-state index is 5.58. The van der Waals surface area contributed by atoms with E-state index in [1.54, 1.807) is 14.2 Å². The molecular formula is C23H29N5O3. The highest BCUT2D eigenvalue weighted by molar-refractivity contribution is 5.93. The monoisotopic (exact) mass is 423 g/mol. The second kappa shape index (κ2) is 10.9. The molecule has 3 rings (SSSR count). The molecular weight excluding hydrogens is 394 g/mol. The van der Waals surface area contributed by atoms with Gasteiger partial charge < -0.3 is 24.8 Å². The van der Waals surface area contributed by atoms with Gasteiger partial charge in [-0.15, -0.1) is 0 Å². The number of ether oxygens (including phenoxy) is 3. The predicted octanol–water partition coefficient (Wildman–Crippen LogP) is 3.87. The highest BCUT2D eigenvalue weighted by atomic mass is 16.5. The SMILES string of the molecule is CCNC(=NCc1ccn(-c2ccc(OC)cc2)n1)Nc1ccc(OCC)c(OC)c1. The first kappa shape index (κ1) is 22.0. The van der Waals surface area contributed by atoms with Crippen molar-refractivity contribution in [2.45, 2.75) is 20.4 Å². The number of anilines is 1. The average molecular weight is 424 g/mol. The van der Waals surface area contributed by atoms with Gasteiger partial charge in [-0.1, -0.05) is 0 Å². The molecule has 2 aromatic carbocycles. The maximum Gasteiger partial charge on any atom is 0.196 e. The van der Waals surface area contributed by atoms with E-state index >= 15 is 0 Å². The molecule has 0 fully saturated rings. The lowest BCUT2D eigenvalue weighted by Crippen LogP contribution is -2.30. The molecule has 8 heteroatoms. The van der Waals surface area contributed by atoms with Crippen molar-refractivity contribution in [3.8, 4) is 22.9 Å².